The van der Waals surface area contributed by atoms with Crippen LogP contribution in [-0.2, 0) is 0 Å². The van der Waals surface area contributed by atoms with Crippen molar-refractivity contribution in [1.29, 1.82) is 0 Å². The third-order valence-electron chi connectivity index (χ3n) is 9.79. The fourth-order valence-electron chi connectivity index (χ4n) is 7.32. The number of rotatable bonds is 4. The summed E-state index contributed by atoms with van der Waals surface area (Å²) in [5, 5.41) is 6.33. The van der Waals surface area contributed by atoms with E-state index in [0.717, 1.165) is 0 Å². The lowest BCUT2D eigenvalue weighted by atomic mass is 9.82. The van der Waals surface area contributed by atoms with Crippen molar-refractivity contribution in [3.8, 4) is 0 Å². The fourth-order valence-corrected chi connectivity index (χ4v) is 7.32. The van der Waals surface area contributed by atoms with Crippen LogP contribution >= 0.6 is 0 Å². The van der Waals surface area contributed by atoms with Gasteiger partial charge in [0.2, 0.25) is 0 Å². The molecule has 3 aliphatic rings. The number of carbonyl (C=O) groups excluding carboxylic acids is 6. The van der Waals surface area contributed by atoms with E-state index in [1.165, 1.54) is 24.3 Å². The van der Waals surface area contributed by atoms with Crippen LogP contribution in [0.2, 0.25) is 0 Å². The topological polar surface area (TPSA) is 179 Å². The molecule has 3 aliphatic carbocycles. The maximum absolute atomic E-state index is 13.9. The van der Waals surface area contributed by atoms with Crippen LogP contribution in [-0.4, -0.2) is 34.7 Å². The number of nitrogens with two attached hydrogens (primary N) is 2. The maximum Gasteiger partial charge on any atom is 0.196 e. The van der Waals surface area contributed by atoms with Gasteiger partial charge >= 0.3 is 0 Å². The van der Waals surface area contributed by atoms with Crippen LogP contribution in [0, 0.1) is 0 Å². The molecule has 248 valence electrons. The molecule has 0 heterocycles. The summed E-state index contributed by atoms with van der Waals surface area (Å²) < 4.78 is 0. The first-order chi connectivity index (χ1) is 25.1. The van der Waals surface area contributed by atoms with Gasteiger partial charge in [0.25, 0.3) is 0 Å². The van der Waals surface area contributed by atoms with E-state index in [0.29, 0.717) is 22.7 Å². The van der Waals surface area contributed by atoms with Crippen molar-refractivity contribution < 1.29 is 28.8 Å². The molecule has 0 atom stereocenters. The lowest BCUT2D eigenvalue weighted by Gasteiger charge is -2.23. The summed E-state index contributed by atoms with van der Waals surface area (Å²) in [5.41, 5.74) is 16.5. The molecule has 0 bridgehead atoms. The Morgan fingerprint density at radius 3 is 1.02 bits per heavy atom. The molecule has 0 saturated heterocycles. The Balaban J connectivity index is 1.04. The SMILES string of the molecule is Nc1ccc(Nc2ccc3c(c2)C(=O)c2ccc(Nc4ccc(N)c5c4C(=O)c4ccccc4C5=O)cc2C3=O)c2c1C(=O)c1ccccc1C2=O. The summed E-state index contributed by atoms with van der Waals surface area (Å²) in [6.45, 7) is 0. The van der Waals surface area contributed by atoms with Crippen molar-refractivity contribution in [3.05, 3.63) is 176 Å². The highest BCUT2D eigenvalue weighted by atomic mass is 16.2. The monoisotopic (exact) mass is 680 g/mol. The van der Waals surface area contributed by atoms with Crippen LogP contribution in [0.3, 0.4) is 0 Å². The molecule has 6 aromatic carbocycles. The molecule has 0 fully saturated rings. The highest BCUT2D eigenvalue weighted by Crippen LogP contribution is 2.40. The summed E-state index contributed by atoms with van der Waals surface area (Å²) in [6.07, 6.45) is 0. The number of fused-ring (bicyclic) bond motifs is 6. The predicted molar refractivity (Wildman–Crippen MR) is 195 cm³/mol. The van der Waals surface area contributed by atoms with Crippen LogP contribution in [0.15, 0.2) is 109 Å². The minimum absolute atomic E-state index is 0.108. The minimum Gasteiger partial charge on any atom is -0.398 e. The molecule has 6 aromatic rings. The second-order valence-electron chi connectivity index (χ2n) is 12.7. The van der Waals surface area contributed by atoms with E-state index < -0.39 is 0 Å². The lowest BCUT2D eigenvalue weighted by Crippen LogP contribution is -2.24. The number of hydrogen-bond acceptors (Lipinski definition) is 10. The molecule has 0 aliphatic heterocycles. The molecule has 0 amide bonds. The number of ketones is 6. The number of anilines is 6. The first-order valence-corrected chi connectivity index (χ1v) is 16.3. The lowest BCUT2D eigenvalue weighted by molar-refractivity contribution is 0.0979. The van der Waals surface area contributed by atoms with Gasteiger partial charge in [-0.15, -0.1) is 0 Å². The third-order valence-corrected chi connectivity index (χ3v) is 9.79. The fraction of sp³-hybridized carbons (Fsp3) is 0. The number of nitrogen functional groups attached to an aromatic ring is 2. The highest BCUT2D eigenvalue weighted by molar-refractivity contribution is 6.33. The minimum atomic E-state index is -0.387. The maximum atomic E-state index is 13.9. The molecule has 6 N–H and O–H groups in total. The van der Waals surface area contributed by atoms with Crippen molar-refractivity contribution in [2.75, 3.05) is 22.1 Å². The summed E-state index contributed by atoms with van der Waals surface area (Å²) >= 11 is 0. The van der Waals surface area contributed by atoms with E-state index in [4.69, 9.17) is 11.5 Å². The van der Waals surface area contributed by atoms with Gasteiger partial charge in [0.05, 0.1) is 33.6 Å². The molecular formula is C42H24N4O6. The van der Waals surface area contributed by atoms with Gasteiger partial charge in [-0.3, -0.25) is 28.8 Å². The number of benzene rings is 6. The average Bonchev–Trinajstić information content (AvgIpc) is 3.16. The summed E-state index contributed by atoms with van der Waals surface area (Å²) in [4.78, 5) is 81.6. The van der Waals surface area contributed by atoms with Crippen LogP contribution < -0.4 is 22.1 Å². The average molecular weight is 681 g/mol. The molecule has 0 radical (unpaired) electrons. The molecule has 0 unspecified atom stereocenters. The quantitative estimate of drug-likeness (QED) is 0.147. The van der Waals surface area contributed by atoms with Crippen molar-refractivity contribution >= 4 is 68.8 Å². The number of hydrogen-bond donors (Lipinski definition) is 4. The Bertz CT molecular complexity index is 2540. The number of nitrogens with one attached hydrogen (secondary N) is 2. The second kappa shape index (κ2) is 11.0. The molecule has 0 aromatic heterocycles. The molecular weight excluding hydrogens is 656 g/mol. The molecule has 9 rings (SSSR count). The summed E-state index contributed by atoms with van der Waals surface area (Å²) in [7, 11) is 0. The van der Waals surface area contributed by atoms with Crippen LogP contribution in [0.4, 0.5) is 34.1 Å². The van der Waals surface area contributed by atoms with E-state index in [9.17, 15) is 28.8 Å². The van der Waals surface area contributed by atoms with E-state index in [2.05, 4.69) is 10.6 Å². The van der Waals surface area contributed by atoms with Gasteiger partial charge in [-0.1, -0.05) is 48.5 Å². The van der Waals surface area contributed by atoms with E-state index in [-0.39, 0.29) is 113 Å². The summed E-state index contributed by atoms with van der Waals surface area (Å²) in [6, 6.07) is 28.8. The Kier molecular flexibility index (Phi) is 6.48. The molecule has 0 spiro atoms. The highest BCUT2D eigenvalue weighted by Gasteiger charge is 2.36. The zero-order valence-corrected chi connectivity index (χ0v) is 27.0. The van der Waals surface area contributed by atoms with Crippen LogP contribution in [0.25, 0.3) is 0 Å². The zero-order chi connectivity index (χ0) is 36.0. The molecule has 0 saturated carbocycles. The molecule has 52 heavy (non-hydrogen) atoms. The summed E-state index contributed by atoms with van der Waals surface area (Å²) in [5.74, 6) is -2.21. The Hall–Kier alpha value is -7.46. The molecule has 10 nitrogen and oxygen atoms in total. The first-order valence-electron chi connectivity index (χ1n) is 16.3. The van der Waals surface area contributed by atoms with Crippen LogP contribution in [0.5, 0.6) is 0 Å². The van der Waals surface area contributed by atoms with Crippen molar-refractivity contribution in [3.63, 3.8) is 0 Å². The largest absolute Gasteiger partial charge is 0.398 e. The first kappa shape index (κ1) is 30.6. The Morgan fingerprint density at radius 2 is 0.654 bits per heavy atom. The van der Waals surface area contributed by atoms with Gasteiger partial charge in [-0.2, -0.15) is 0 Å². The Labute approximate surface area is 295 Å². The normalized spacial score (nSPS) is 13.8. The van der Waals surface area contributed by atoms with Gasteiger partial charge in [0, 0.05) is 67.3 Å². The smallest absolute Gasteiger partial charge is 0.196 e. The molecule has 10 heteroatoms. The van der Waals surface area contributed by atoms with E-state index >= 15 is 0 Å². The predicted octanol–water partition coefficient (Wildman–Crippen LogP) is 6.66. The van der Waals surface area contributed by atoms with Crippen molar-refractivity contribution in [2.45, 2.75) is 0 Å². The van der Waals surface area contributed by atoms with E-state index in [1.807, 2.05) is 0 Å². The third kappa shape index (κ3) is 4.31. The standard InChI is InChI=1S/C42H24N4O6/c43-29-13-15-31(35-33(29)39(49)21-5-1-3-7-23(21)41(35)51)45-19-9-11-25-27(17-19)37(47)26-12-10-20(18-28(26)38(25)48)46-32-16-14-30(44)34-36(32)42(52)24-8-4-2-6-22(24)40(34)50/h1-18,45-46H,43-44H2. The van der Waals surface area contributed by atoms with Gasteiger partial charge in [-0.25, -0.2) is 0 Å². The van der Waals surface area contributed by atoms with Crippen LogP contribution in [0.1, 0.15) is 95.5 Å². The zero-order valence-electron chi connectivity index (χ0n) is 27.0. The van der Waals surface area contributed by atoms with Gasteiger partial charge in [0.15, 0.2) is 34.7 Å². The second-order valence-corrected chi connectivity index (χ2v) is 12.7. The van der Waals surface area contributed by atoms with Gasteiger partial charge in [-0.05, 0) is 60.7 Å². The van der Waals surface area contributed by atoms with Gasteiger partial charge in [0.1, 0.15) is 0 Å². The Morgan fingerprint density at radius 1 is 0.327 bits per heavy atom. The number of carbonyl (C=O) groups is 6. The van der Waals surface area contributed by atoms with Crippen molar-refractivity contribution in [2.24, 2.45) is 0 Å². The van der Waals surface area contributed by atoms with Gasteiger partial charge < -0.3 is 22.1 Å². The van der Waals surface area contributed by atoms with Crippen molar-refractivity contribution in [1.82, 2.24) is 0 Å². The van der Waals surface area contributed by atoms with E-state index in [1.54, 1.807) is 84.9 Å².